The number of nitrogen functional groups attached to an aromatic ring is 1. The summed E-state index contributed by atoms with van der Waals surface area (Å²) in [4.78, 5) is 9.05. The molecular formula is C26H30N6O3S. The molecule has 0 bridgehead atoms. The van der Waals surface area contributed by atoms with Gasteiger partial charge in [0.15, 0.2) is 21.3 Å². The van der Waals surface area contributed by atoms with Gasteiger partial charge in [0.25, 0.3) is 5.89 Å². The van der Waals surface area contributed by atoms with E-state index in [0.29, 0.717) is 23.1 Å². The average Bonchev–Trinajstić information content (AvgIpc) is 3.34. The van der Waals surface area contributed by atoms with Crippen LogP contribution in [0.3, 0.4) is 0 Å². The maximum absolute atomic E-state index is 12.4. The van der Waals surface area contributed by atoms with Crippen molar-refractivity contribution < 1.29 is 12.8 Å². The molecule has 0 radical (unpaired) electrons. The van der Waals surface area contributed by atoms with Crippen LogP contribution >= 0.6 is 0 Å². The zero-order valence-corrected chi connectivity index (χ0v) is 21.6. The van der Waals surface area contributed by atoms with E-state index in [0.717, 1.165) is 24.2 Å². The molecule has 2 aromatic carbocycles. The predicted molar refractivity (Wildman–Crippen MR) is 139 cm³/mol. The quantitative estimate of drug-likeness (QED) is 0.339. The maximum Gasteiger partial charge on any atom is 0.270 e. The van der Waals surface area contributed by atoms with Gasteiger partial charge in [-0.15, -0.1) is 10.2 Å². The zero-order valence-electron chi connectivity index (χ0n) is 20.8. The number of anilines is 1. The van der Waals surface area contributed by atoms with Crippen molar-refractivity contribution in [2.45, 2.75) is 44.4 Å². The molecule has 9 nitrogen and oxygen atoms in total. The second kappa shape index (κ2) is 10.5. The number of sulfone groups is 1. The van der Waals surface area contributed by atoms with Crippen LogP contribution in [0.4, 0.5) is 5.82 Å². The van der Waals surface area contributed by atoms with E-state index < -0.39 is 15.1 Å². The van der Waals surface area contributed by atoms with E-state index >= 15 is 0 Å². The molecule has 0 spiro atoms. The van der Waals surface area contributed by atoms with Gasteiger partial charge in [0, 0.05) is 17.7 Å². The Morgan fingerprint density at radius 2 is 1.56 bits per heavy atom. The summed E-state index contributed by atoms with van der Waals surface area (Å²) in [5, 5.41) is 11.2. The Bertz CT molecular complexity index is 1430. The highest BCUT2D eigenvalue weighted by Crippen LogP contribution is 2.28. The first-order valence-corrected chi connectivity index (χ1v) is 13.3. The van der Waals surface area contributed by atoms with Crippen LogP contribution in [0.5, 0.6) is 0 Å². The minimum absolute atomic E-state index is 0.151. The lowest BCUT2D eigenvalue weighted by molar-refractivity contribution is 0.552. The minimum atomic E-state index is -3.36. The van der Waals surface area contributed by atoms with Crippen molar-refractivity contribution in [1.29, 1.82) is 0 Å². The molecule has 0 saturated carbocycles. The van der Waals surface area contributed by atoms with Gasteiger partial charge < -0.3 is 15.5 Å². The third-order valence-electron chi connectivity index (χ3n) is 5.61. The number of aromatic nitrogens is 4. The molecular weight excluding hydrogens is 476 g/mol. The summed E-state index contributed by atoms with van der Waals surface area (Å²) in [5.41, 5.74) is 9.46. The van der Waals surface area contributed by atoms with E-state index in [9.17, 15) is 8.42 Å². The third-order valence-corrected chi connectivity index (χ3v) is 7.78. The van der Waals surface area contributed by atoms with Crippen LogP contribution in [-0.2, 0) is 16.4 Å². The van der Waals surface area contributed by atoms with Crippen molar-refractivity contribution in [2.75, 3.05) is 12.3 Å². The van der Waals surface area contributed by atoms with Crippen LogP contribution in [0.15, 0.2) is 64.0 Å². The summed E-state index contributed by atoms with van der Waals surface area (Å²) < 4.78 is 30.7. The van der Waals surface area contributed by atoms with E-state index in [2.05, 4.69) is 39.3 Å². The number of nitrogens with one attached hydrogen (secondary N) is 1. The summed E-state index contributed by atoms with van der Waals surface area (Å²) >= 11 is 0. The molecule has 188 valence electrons. The van der Waals surface area contributed by atoms with Gasteiger partial charge in [-0.3, -0.25) is 0 Å². The fourth-order valence-electron chi connectivity index (χ4n) is 3.49. The summed E-state index contributed by atoms with van der Waals surface area (Å²) in [6, 6.07) is 14.4. The molecule has 0 atom stereocenters. The standard InChI is InChI=1S/C26H30N6O3S/c1-16(2)13-28-14-18-5-7-20(8-6-18)25-31-32-26(35-25)23-24(27)29-15-22(30-23)19-9-11-21(12-10-19)36(33,34)17(3)4/h5-12,15-17,28H,13-14H2,1-4H3,(H2,27,29). The first-order valence-electron chi connectivity index (χ1n) is 11.8. The Hall–Kier alpha value is -3.63. The Morgan fingerprint density at radius 1 is 0.917 bits per heavy atom. The van der Waals surface area contributed by atoms with E-state index in [-0.39, 0.29) is 22.3 Å². The van der Waals surface area contributed by atoms with E-state index in [1.54, 1.807) is 38.1 Å². The fourth-order valence-corrected chi connectivity index (χ4v) is 4.55. The fraction of sp³-hybridized carbons (Fsp3) is 0.308. The highest BCUT2D eigenvalue weighted by atomic mass is 32.2. The van der Waals surface area contributed by atoms with Gasteiger partial charge in [0.05, 0.1) is 22.0 Å². The Morgan fingerprint density at radius 3 is 2.19 bits per heavy atom. The zero-order chi connectivity index (χ0) is 25.9. The van der Waals surface area contributed by atoms with Crippen molar-refractivity contribution in [1.82, 2.24) is 25.5 Å². The van der Waals surface area contributed by atoms with Gasteiger partial charge in [-0.25, -0.2) is 18.4 Å². The molecule has 0 saturated heterocycles. The molecule has 3 N–H and O–H groups in total. The molecule has 0 aliphatic heterocycles. The van der Waals surface area contributed by atoms with Crippen molar-refractivity contribution >= 4 is 15.7 Å². The van der Waals surface area contributed by atoms with Crippen molar-refractivity contribution in [3.05, 3.63) is 60.3 Å². The largest absolute Gasteiger partial charge is 0.414 e. The smallest absolute Gasteiger partial charge is 0.270 e. The van der Waals surface area contributed by atoms with Crippen molar-refractivity contribution in [3.8, 4) is 34.3 Å². The molecule has 36 heavy (non-hydrogen) atoms. The van der Waals surface area contributed by atoms with Gasteiger partial charge >= 0.3 is 0 Å². The second-order valence-electron chi connectivity index (χ2n) is 9.24. The van der Waals surface area contributed by atoms with Gasteiger partial charge in [-0.05, 0) is 56.1 Å². The normalized spacial score (nSPS) is 11.9. The van der Waals surface area contributed by atoms with Crippen LogP contribution in [0.1, 0.15) is 33.3 Å². The van der Waals surface area contributed by atoms with Gasteiger partial charge in [-0.2, -0.15) is 0 Å². The van der Waals surface area contributed by atoms with Gasteiger partial charge in [-0.1, -0.05) is 38.1 Å². The molecule has 0 fully saturated rings. The molecule has 0 unspecified atom stereocenters. The van der Waals surface area contributed by atoms with Crippen molar-refractivity contribution in [2.24, 2.45) is 5.92 Å². The SMILES string of the molecule is CC(C)CNCc1ccc(-c2nnc(-c3nc(-c4ccc(S(=O)(=O)C(C)C)cc4)cnc3N)o2)cc1. The lowest BCUT2D eigenvalue weighted by Gasteiger charge is -2.09. The number of hydrogen-bond acceptors (Lipinski definition) is 9. The average molecular weight is 507 g/mol. The minimum Gasteiger partial charge on any atom is -0.414 e. The van der Waals surface area contributed by atoms with Crippen LogP contribution in [0.25, 0.3) is 34.3 Å². The first kappa shape index (κ1) is 25.5. The van der Waals surface area contributed by atoms with Crippen molar-refractivity contribution in [3.63, 3.8) is 0 Å². The topological polar surface area (TPSA) is 137 Å². The lowest BCUT2D eigenvalue weighted by atomic mass is 10.1. The van der Waals surface area contributed by atoms with E-state index in [1.165, 1.54) is 6.20 Å². The Labute approximate surface area is 211 Å². The van der Waals surface area contributed by atoms with Crippen LogP contribution in [0, 0.1) is 5.92 Å². The number of nitrogens with two attached hydrogens (primary N) is 1. The molecule has 0 amide bonds. The van der Waals surface area contributed by atoms with E-state index in [1.807, 2.05) is 24.3 Å². The van der Waals surface area contributed by atoms with E-state index in [4.69, 9.17) is 10.2 Å². The molecule has 0 aliphatic rings. The molecule has 10 heteroatoms. The Kier molecular flexibility index (Phi) is 7.46. The van der Waals surface area contributed by atoms with Crippen LogP contribution < -0.4 is 11.1 Å². The van der Waals surface area contributed by atoms with Crippen LogP contribution in [-0.4, -0.2) is 40.4 Å². The highest BCUT2D eigenvalue weighted by Gasteiger charge is 2.20. The molecule has 2 aromatic heterocycles. The Balaban J connectivity index is 1.55. The molecule has 0 aliphatic carbocycles. The lowest BCUT2D eigenvalue weighted by Crippen LogP contribution is -2.18. The predicted octanol–water partition coefficient (Wildman–Crippen LogP) is 4.37. The molecule has 4 aromatic rings. The van der Waals surface area contributed by atoms with Gasteiger partial charge in [0.1, 0.15) is 0 Å². The second-order valence-corrected chi connectivity index (χ2v) is 11.7. The van der Waals surface area contributed by atoms with Crippen LogP contribution in [0.2, 0.25) is 0 Å². The summed E-state index contributed by atoms with van der Waals surface area (Å²) in [7, 11) is -3.36. The summed E-state index contributed by atoms with van der Waals surface area (Å²) in [5.74, 6) is 1.25. The number of rotatable bonds is 9. The third kappa shape index (κ3) is 5.60. The first-order chi connectivity index (χ1) is 17.1. The number of benzene rings is 2. The maximum atomic E-state index is 12.4. The highest BCUT2D eigenvalue weighted by molar-refractivity contribution is 7.92. The molecule has 2 heterocycles. The summed E-state index contributed by atoms with van der Waals surface area (Å²) in [6.07, 6.45) is 1.52. The van der Waals surface area contributed by atoms with Gasteiger partial charge in [0.2, 0.25) is 5.89 Å². The number of hydrogen-bond donors (Lipinski definition) is 2. The molecule has 4 rings (SSSR count). The monoisotopic (exact) mass is 506 g/mol. The number of nitrogens with zero attached hydrogens (tertiary/aromatic N) is 4. The summed E-state index contributed by atoms with van der Waals surface area (Å²) in [6.45, 7) is 9.39.